The summed E-state index contributed by atoms with van der Waals surface area (Å²) in [5, 5.41) is 1.000. The number of para-hydroxylation sites is 1. The lowest BCUT2D eigenvalue weighted by Crippen LogP contribution is -2.31. The number of aromatic nitrogens is 1. The van der Waals surface area contributed by atoms with Crippen LogP contribution >= 0.6 is 0 Å². The van der Waals surface area contributed by atoms with E-state index in [4.69, 9.17) is 4.74 Å². The maximum atomic E-state index is 12.6. The first-order chi connectivity index (χ1) is 13.3. The summed E-state index contributed by atoms with van der Waals surface area (Å²) in [6.45, 7) is 5.51. The van der Waals surface area contributed by atoms with Crippen LogP contribution in [0.2, 0.25) is 0 Å². The molecule has 2 aliphatic rings. The molecule has 1 fully saturated rings. The number of piperidine rings is 1. The van der Waals surface area contributed by atoms with Gasteiger partial charge in [-0.25, -0.2) is 4.98 Å². The van der Waals surface area contributed by atoms with Crippen LogP contribution < -0.4 is 4.74 Å². The Hall–Kier alpha value is -2.40. The minimum absolute atomic E-state index is 0.0261. The highest BCUT2D eigenvalue weighted by Crippen LogP contribution is 2.25. The van der Waals surface area contributed by atoms with Crippen LogP contribution in [0.5, 0.6) is 5.75 Å². The van der Waals surface area contributed by atoms with Crippen molar-refractivity contribution in [3.63, 3.8) is 0 Å². The lowest BCUT2D eigenvalue weighted by atomic mass is 10.1. The SMILES string of the molecule is O=C(c1ccc2cccc(OCCCN3CCCCC3)c2n1)N1CC=CC1. The lowest BCUT2D eigenvalue weighted by molar-refractivity contribution is 0.0794. The number of benzene rings is 1. The molecule has 0 radical (unpaired) electrons. The highest BCUT2D eigenvalue weighted by molar-refractivity contribution is 5.96. The van der Waals surface area contributed by atoms with E-state index < -0.39 is 0 Å². The summed E-state index contributed by atoms with van der Waals surface area (Å²) in [6, 6.07) is 9.70. The number of fused-ring (bicyclic) bond motifs is 1. The number of amides is 1. The van der Waals surface area contributed by atoms with Crippen molar-refractivity contribution in [1.82, 2.24) is 14.8 Å². The van der Waals surface area contributed by atoms with Gasteiger partial charge in [0, 0.05) is 25.0 Å². The molecule has 0 atom stereocenters. The third-order valence-electron chi connectivity index (χ3n) is 5.33. The number of carbonyl (C=O) groups excluding carboxylic acids is 1. The Morgan fingerprint density at radius 2 is 1.85 bits per heavy atom. The number of rotatable bonds is 6. The standard InChI is InChI=1S/C22H27N3O2/c26-22(25-15-4-5-16-25)19-11-10-18-8-6-9-20(21(18)23-19)27-17-7-14-24-12-2-1-3-13-24/h4-6,8-11H,1-3,7,12-17H2. The minimum atomic E-state index is -0.0261. The van der Waals surface area contributed by atoms with Crippen LogP contribution in [0, 0.1) is 0 Å². The van der Waals surface area contributed by atoms with Crippen LogP contribution in [0.15, 0.2) is 42.5 Å². The molecule has 0 N–H and O–H groups in total. The highest BCUT2D eigenvalue weighted by Gasteiger charge is 2.18. The van der Waals surface area contributed by atoms with Crippen molar-refractivity contribution in [1.29, 1.82) is 0 Å². The Kier molecular flexibility index (Phi) is 5.68. The molecule has 0 unspecified atom stereocenters. The fraction of sp³-hybridized carbons (Fsp3) is 0.455. The minimum Gasteiger partial charge on any atom is -0.491 e. The largest absolute Gasteiger partial charge is 0.491 e. The molecular weight excluding hydrogens is 338 g/mol. The summed E-state index contributed by atoms with van der Waals surface area (Å²) in [4.78, 5) is 21.6. The van der Waals surface area contributed by atoms with Gasteiger partial charge >= 0.3 is 0 Å². The van der Waals surface area contributed by atoms with Gasteiger partial charge in [-0.3, -0.25) is 4.79 Å². The van der Waals surface area contributed by atoms with Crippen molar-refractivity contribution in [3.05, 3.63) is 48.2 Å². The van der Waals surface area contributed by atoms with E-state index >= 15 is 0 Å². The second-order valence-corrected chi connectivity index (χ2v) is 7.31. The summed E-state index contributed by atoms with van der Waals surface area (Å²) in [7, 11) is 0. The van der Waals surface area contributed by atoms with E-state index in [1.807, 2.05) is 42.5 Å². The number of likely N-dealkylation sites (tertiary alicyclic amines) is 1. The molecule has 0 bridgehead atoms. The molecule has 1 aromatic carbocycles. The van der Waals surface area contributed by atoms with Crippen LogP contribution in [0.4, 0.5) is 0 Å². The number of nitrogens with zero attached hydrogens (tertiary/aromatic N) is 3. The smallest absolute Gasteiger partial charge is 0.273 e. The third kappa shape index (κ3) is 4.30. The first-order valence-electron chi connectivity index (χ1n) is 10.0. The molecule has 0 aliphatic carbocycles. The van der Waals surface area contributed by atoms with Crippen LogP contribution in [-0.4, -0.2) is 60.0 Å². The molecule has 0 spiro atoms. The maximum absolute atomic E-state index is 12.6. The van der Waals surface area contributed by atoms with Crippen LogP contribution in [0.25, 0.3) is 10.9 Å². The molecule has 142 valence electrons. The fourth-order valence-electron chi connectivity index (χ4n) is 3.81. The predicted octanol–water partition coefficient (Wildman–Crippen LogP) is 3.50. The van der Waals surface area contributed by atoms with Gasteiger partial charge in [0.25, 0.3) is 5.91 Å². The van der Waals surface area contributed by atoms with E-state index in [-0.39, 0.29) is 5.91 Å². The number of hydrogen-bond acceptors (Lipinski definition) is 4. The topological polar surface area (TPSA) is 45.7 Å². The second-order valence-electron chi connectivity index (χ2n) is 7.31. The summed E-state index contributed by atoms with van der Waals surface area (Å²) in [5.74, 6) is 0.738. The normalized spacial score (nSPS) is 17.6. The molecule has 4 rings (SSSR count). The second kappa shape index (κ2) is 8.53. The van der Waals surface area contributed by atoms with Crippen LogP contribution in [-0.2, 0) is 0 Å². The van der Waals surface area contributed by atoms with E-state index in [0.29, 0.717) is 25.4 Å². The first kappa shape index (κ1) is 18.0. The van der Waals surface area contributed by atoms with Crippen molar-refractivity contribution >= 4 is 16.8 Å². The molecule has 27 heavy (non-hydrogen) atoms. The van der Waals surface area contributed by atoms with E-state index in [2.05, 4.69) is 9.88 Å². The van der Waals surface area contributed by atoms with E-state index in [1.165, 1.54) is 32.4 Å². The van der Waals surface area contributed by atoms with E-state index in [9.17, 15) is 4.79 Å². The zero-order valence-corrected chi connectivity index (χ0v) is 15.8. The molecule has 1 aromatic heterocycles. The van der Waals surface area contributed by atoms with E-state index in [1.54, 1.807) is 4.90 Å². The summed E-state index contributed by atoms with van der Waals surface area (Å²) in [6.07, 6.45) is 9.03. The Balaban J connectivity index is 1.42. The number of hydrogen-bond donors (Lipinski definition) is 0. The van der Waals surface area contributed by atoms with Crippen molar-refractivity contribution in [3.8, 4) is 5.75 Å². The van der Waals surface area contributed by atoms with Crippen molar-refractivity contribution in [2.45, 2.75) is 25.7 Å². The zero-order valence-electron chi connectivity index (χ0n) is 15.8. The van der Waals surface area contributed by atoms with Crippen LogP contribution in [0.3, 0.4) is 0 Å². The van der Waals surface area contributed by atoms with Crippen molar-refractivity contribution < 1.29 is 9.53 Å². The molecule has 2 aromatic rings. The molecule has 1 saturated heterocycles. The maximum Gasteiger partial charge on any atom is 0.273 e. The number of ether oxygens (including phenoxy) is 1. The first-order valence-corrected chi connectivity index (χ1v) is 10.0. The van der Waals surface area contributed by atoms with Gasteiger partial charge in [-0.05, 0) is 44.5 Å². The molecule has 3 heterocycles. The van der Waals surface area contributed by atoms with Gasteiger partial charge in [0.2, 0.25) is 0 Å². The molecule has 0 saturated carbocycles. The summed E-state index contributed by atoms with van der Waals surface area (Å²) < 4.78 is 6.04. The number of pyridine rings is 1. The zero-order chi connectivity index (χ0) is 18.5. The van der Waals surface area contributed by atoms with Gasteiger partial charge in [-0.2, -0.15) is 0 Å². The van der Waals surface area contributed by atoms with Crippen molar-refractivity contribution in [2.75, 3.05) is 39.3 Å². The average molecular weight is 365 g/mol. The predicted molar refractivity (Wildman–Crippen MR) is 107 cm³/mol. The molecule has 1 amide bonds. The molecule has 5 heteroatoms. The summed E-state index contributed by atoms with van der Waals surface area (Å²) in [5.41, 5.74) is 1.25. The molecule has 5 nitrogen and oxygen atoms in total. The third-order valence-corrected chi connectivity index (χ3v) is 5.33. The fourth-order valence-corrected chi connectivity index (χ4v) is 3.81. The number of carbonyl (C=O) groups is 1. The highest BCUT2D eigenvalue weighted by atomic mass is 16.5. The lowest BCUT2D eigenvalue weighted by Gasteiger charge is -2.26. The van der Waals surface area contributed by atoms with Gasteiger partial charge < -0.3 is 14.5 Å². The van der Waals surface area contributed by atoms with Gasteiger partial charge in [0.15, 0.2) is 0 Å². The van der Waals surface area contributed by atoms with Crippen LogP contribution in [0.1, 0.15) is 36.2 Å². The van der Waals surface area contributed by atoms with Gasteiger partial charge in [-0.1, -0.05) is 36.8 Å². The Morgan fingerprint density at radius 3 is 2.67 bits per heavy atom. The van der Waals surface area contributed by atoms with Gasteiger partial charge in [0.05, 0.1) is 6.61 Å². The van der Waals surface area contributed by atoms with Crippen molar-refractivity contribution in [2.24, 2.45) is 0 Å². The Bertz CT molecular complexity index is 819. The van der Waals surface area contributed by atoms with Gasteiger partial charge in [0.1, 0.15) is 17.0 Å². The average Bonchev–Trinajstić information content (AvgIpc) is 3.26. The van der Waals surface area contributed by atoms with Gasteiger partial charge in [-0.15, -0.1) is 0 Å². The Labute approximate surface area is 160 Å². The molecular formula is C22H27N3O2. The Morgan fingerprint density at radius 1 is 1.04 bits per heavy atom. The summed E-state index contributed by atoms with van der Waals surface area (Å²) >= 11 is 0. The van der Waals surface area contributed by atoms with E-state index in [0.717, 1.165) is 29.6 Å². The monoisotopic (exact) mass is 365 g/mol. The quantitative estimate of drug-likeness (QED) is 0.581. The molecule has 2 aliphatic heterocycles.